The van der Waals surface area contributed by atoms with Crippen LogP contribution in [0, 0.1) is 22.7 Å². The fourth-order valence-corrected chi connectivity index (χ4v) is 4.67. The minimum atomic E-state index is -0.851. The summed E-state index contributed by atoms with van der Waals surface area (Å²) in [5, 5.41) is 21.6. The molecule has 3 aromatic heterocycles. The molecule has 3 aromatic rings. The number of aryl methyl sites for hydroxylation is 1. The Kier molecular flexibility index (Phi) is 5.23. The van der Waals surface area contributed by atoms with E-state index in [9.17, 15) is 14.9 Å². The summed E-state index contributed by atoms with van der Waals surface area (Å²) in [6.07, 6.45) is 8.94. The molecule has 1 aliphatic carbocycles. The van der Waals surface area contributed by atoms with Crippen LogP contribution < -0.4 is 11.1 Å². The molecular formula is C23H27N9O2. The van der Waals surface area contributed by atoms with Gasteiger partial charge in [-0.1, -0.05) is 6.92 Å². The molecule has 1 aliphatic heterocycles. The number of carbonyl (C=O) groups is 2. The zero-order valence-electron chi connectivity index (χ0n) is 19.2. The summed E-state index contributed by atoms with van der Waals surface area (Å²) >= 11 is 0. The van der Waals surface area contributed by atoms with Crippen LogP contribution >= 0.6 is 0 Å². The van der Waals surface area contributed by atoms with E-state index in [1.54, 1.807) is 21.8 Å². The molecule has 1 saturated heterocycles. The van der Waals surface area contributed by atoms with Crippen molar-refractivity contribution < 1.29 is 9.59 Å². The van der Waals surface area contributed by atoms with Crippen LogP contribution in [0.4, 0.5) is 5.69 Å². The van der Waals surface area contributed by atoms with Gasteiger partial charge in [-0.25, -0.2) is 9.50 Å². The van der Waals surface area contributed by atoms with E-state index in [4.69, 9.17) is 10.7 Å². The first-order valence-electron chi connectivity index (χ1n) is 11.6. The minimum absolute atomic E-state index is 0.0937. The average molecular weight is 462 g/mol. The second-order valence-corrected chi connectivity index (χ2v) is 9.10. The van der Waals surface area contributed by atoms with E-state index in [1.165, 1.54) is 6.20 Å². The van der Waals surface area contributed by atoms with Crippen LogP contribution in [-0.2, 0) is 11.3 Å². The lowest BCUT2D eigenvalue weighted by Gasteiger charge is -2.21. The molecule has 2 aliphatic rings. The normalized spacial score (nSPS) is 20.9. The second kappa shape index (κ2) is 8.13. The van der Waals surface area contributed by atoms with Gasteiger partial charge in [-0.3, -0.25) is 14.3 Å². The van der Waals surface area contributed by atoms with Crippen LogP contribution in [0.3, 0.4) is 0 Å². The monoisotopic (exact) mass is 461 g/mol. The number of hydrogen-bond acceptors (Lipinski definition) is 7. The number of primary amides is 1. The molecule has 0 aromatic carbocycles. The standard InChI is InChI=1S/C23H27N9O2/c1-3-14-9-30(22(34)23(13-24)5-6-23)11-17(14)28-19-16(20(25)33)8-27-32-12-18(29-21(19)32)15-7-26-31(4-2)10-15/h7-8,10,12,14,17,28H,3-6,9,11H2,1-2H3,(H2,25,33). The third kappa shape index (κ3) is 3.55. The number of hydrogen-bond donors (Lipinski definition) is 2. The SMILES string of the molecule is CCC1CN(C(=O)C2(C#N)CC2)CC1Nc1c(C(N)=O)cnn2cc(-c3cnn(CC)c3)nc12. The molecule has 3 N–H and O–H groups in total. The first-order valence-corrected chi connectivity index (χ1v) is 11.6. The highest BCUT2D eigenvalue weighted by Gasteiger charge is 2.54. The number of anilines is 1. The van der Waals surface area contributed by atoms with Crippen molar-refractivity contribution in [1.82, 2.24) is 29.3 Å². The van der Waals surface area contributed by atoms with Crippen LogP contribution in [0.1, 0.15) is 43.5 Å². The number of carbonyl (C=O) groups excluding carboxylic acids is 2. The number of rotatable bonds is 7. The van der Waals surface area contributed by atoms with Crippen molar-refractivity contribution in [2.24, 2.45) is 17.1 Å². The highest BCUT2D eigenvalue weighted by Crippen LogP contribution is 2.47. The summed E-state index contributed by atoms with van der Waals surface area (Å²) in [5.74, 6) is -0.547. The minimum Gasteiger partial charge on any atom is -0.376 e. The molecule has 34 heavy (non-hydrogen) atoms. The molecule has 11 nitrogen and oxygen atoms in total. The van der Waals surface area contributed by atoms with E-state index < -0.39 is 11.3 Å². The maximum absolute atomic E-state index is 13.0. The van der Waals surface area contributed by atoms with Crippen LogP contribution in [0.2, 0.25) is 0 Å². The van der Waals surface area contributed by atoms with Crippen molar-refractivity contribution in [3.05, 3.63) is 30.4 Å². The number of nitrogens with one attached hydrogen (secondary N) is 1. The number of nitriles is 1. The van der Waals surface area contributed by atoms with E-state index >= 15 is 0 Å². The summed E-state index contributed by atoms with van der Waals surface area (Å²) in [6, 6.07) is 2.08. The summed E-state index contributed by atoms with van der Waals surface area (Å²) < 4.78 is 3.42. The molecule has 0 spiro atoms. The Morgan fingerprint density at radius 1 is 1.24 bits per heavy atom. The predicted octanol–water partition coefficient (Wildman–Crippen LogP) is 1.66. The quantitative estimate of drug-likeness (QED) is 0.544. The fraction of sp³-hybridized carbons (Fsp3) is 0.478. The molecule has 2 unspecified atom stereocenters. The van der Waals surface area contributed by atoms with Crippen molar-refractivity contribution in [2.75, 3.05) is 18.4 Å². The highest BCUT2D eigenvalue weighted by molar-refractivity contribution is 6.01. The van der Waals surface area contributed by atoms with Gasteiger partial charge >= 0.3 is 0 Å². The maximum atomic E-state index is 13.0. The Bertz CT molecular complexity index is 1310. The number of imidazole rings is 1. The van der Waals surface area contributed by atoms with Gasteiger partial charge in [-0.15, -0.1) is 0 Å². The van der Waals surface area contributed by atoms with E-state index in [0.29, 0.717) is 43.0 Å². The van der Waals surface area contributed by atoms with Crippen LogP contribution in [0.5, 0.6) is 0 Å². The topological polar surface area (TPSA) is 147 Å². The molecule has 2 amide bonds. The lowest BCUT2D eigenvalue weighted by Crippen LogP contribution is -2.36. The lowest BCUT2D eigenvalue weighted by molar-refractivity contribution is -0.134. The molecule has 5 rings (SSSR count). The molecule has 0 bridgehead atoms. The number of aromatic nitrogens is 5. The lowest BCUT2D eigenvalue weighted by atomic mass is 10.0. The van der Waals surface area contributed by atoms with Crippen molar-refractivity contribution in [3.8, 4) is 17.3 Å². The zero-order valence-corrected chi connectivity index (χ0v) is 19.2. The van der Waals surface area contributed by atoms with Crippen LogP contribution in [-0.4, -0.2) is 60.2 Å². The van der Waals surface area contributed by atoms with Crippen LogP contribution in [0.25, 0.3) is 16.9 Å². The van der Waals surface area contributed by atoms with Gasteiger partial charge < -0.3 is 16.0 Å². The number of nitrogens with two attached hydrogens (primary N) is 1. The smallest absolute Gasteiger partial charge is 0.252 e. The van der Waals surface area contributed by atoms with E-state index in [0.717, 1.165) is 18.5 Å². The Hall–Kier alpha value is -3.94. The van der Waals surface area contributed by atoms with Gasteiger partial charge in [0.2, 0.25) is 5.91 Å². The molecule has 11 heteroatoms. The fourth-order valence-electron chi connectivity index (χ4n) is 4.67. The molecule has 176 valence electrons. The number of amides is 2. The molecule has 2 atom stereocenters. The van der Waals surface area contributed by atoms with Gasteiger partial charge in [0, 0.05) is 37.4 Å². The summed E-state index contributed by atoms with van der Waals surface area (Å²) in [4.78, 5) is 31.7. The summed E-state index contributed by atoms with van der Waals surface area (Å²) in [7, 11) is 0. The largest absolute Gasteiger partial charge is 0.376 e. The Morgan fingerprint density at radius 2 is 2.03 bits per heavy atom. The molecule has 1 saturated carbocycles. The van der Waals surface area contributed by atoms with Gasteiger partial charge in [-0.2, -0.15) is 15.5 Å². The third-order valence-electron chi connectivity index (χ3n) is 6.97. The Morgan fingerprint density at radius 3 is 2.65 bits per heavy atom. The van der Waals surface area contributed by atoms with Gasteiger partial charge in [-0.05, 0) is 32.1 Å². The van der Waals surface area contributed by atoms with Crippen molar-refractivity contribution >= 4 is 23.1 Å². The number of likely N-dealkylation sites (tertiary alicyclic amines) is 1. The van der Waals surface area contributed by atoms with Gasteiger partial charge in [0.05, 0.1) is 41.6 Å². The average Bonchev–Trinajstić information content (AvgIpc) is 3.18. The summed E-state index contributed by atoms with van der Waals surface area (Å²) in [6.45, 7) is 5.84. The van der Waals surface area contributed by atoms with Crippen molar-refractivity contribution in [1.29, 1.82) is 5.26 Å². The third-order valence-corrected chi connectivity index (χ3v) is 6.97. The Balaban J connectivity index is 1.49. The van der Waals surface area contributed by atoms with Gasteiger partial charge in [0.15, 0.2) is 5.65 Å². The molecule has 2 fully saturated rings. The number of fused-ring (bicyclic) bond motifs is 1. The van der Waals surface area contributed by atoms with E-state index in [-0.39, 0.29) is 23.4 Å². The van der Waals surface area contributed by atoms with E-state index in [1.807, 2.05) is 17.8 Å². The number of nitrogens with zero attached hydrogens (tertiary/aromatic N) is 7. The Labute approximate surface area is 196 Å². The zero-order chi connectivity index (χ0) is 24.0. The van der Waals surface area contributed by atoms with Gasteiger partial charge in [0.1, 0.15) is 5.41 Å². The highest BCUT2D eigenvalue weighted by atomic mass is 16.2. The van der Waals surface area contributed by atoms with Gasteiger partial charge in [0.25, 0.3) is 5.91 Å². The molecular weight excluding hydrogens is 434 g/mol. The van der Waals surface area contributed by atoms with Crippen LogP contribution in [0.15, 0.2) is 24.8 Å². The molecule has 4 heterocycles. The first kappa shape index (κ1) is 21.9. The van der Waals surface area contributed by atoms with Crippen molar-refractivity contribution in [2.45, 2.75) is 45.7 Å². The predicted molar refractivity (Wildman–Crippen MR) is 123 cm³/mol. The molecule has 0 radical (unpaired) electrons. The maximum Gasteiger partial charge on any atom is 0.252 e. The second-order valence-electron chi connectivity index (χ2n) is 9.10. The first-order chi connectivity index (χ1) is 16.4. The van der Waals surface area contributed by atoms with E-state index in [2.05, 4.69) is 28.5 Å². The summed E-state index contributed by atoms with van der Waals surface area (Å²) in [5.41, 5.74) is 7.56. The van der Waals surface area contributed by atoms with Crippen molar-refractivity contribution in [3.63, 3.8) is 0 Å².